The minimum absolute atomic E-state index is 0.0552. The topological polar surface area (TPSA) is 75.6 Å². The van der Waals surface area contributed by atoms with Gasteiger partial charge in [-0.3, -0.25) is 9.59 Å². The number of nitrogens with one attached hydrogen (secondary N) is 1. The average molecular weight is 291 g/mol. The Hall–Kier alpha value is -1.88. The summed E-state index contributed by atoms with van der Waals surface area (Å²) >= 11 is 0. The lowest BCUT2D eigenvalue weighted by Crippen LogP contribution is -2.43. The van der Waals surface area contributed by atoms with E-state index >= 15 is 0 Å². The van der Waals surface area contributed by atoms with Gasteiger partial charge in [-0.25, -0.2) is 0 Å². The Kier molecular flexibility index (Phi) is 4.96. The van der Waals surface area contributed by atoms with E-state index in [0.29, 0.717) is 17.9 Å². The summed E-state index contributed by atoms with van der Waals surface area (Å²) in [5, 5.41) is 11.7. The number of carboxylic acids is 1. The molecule has 5 heteroatoms. The second-order valence-corrected chi connectivity index (χ2v) is 5.36. The number of aliphatic carboxylic acids is 1. The van der Waals surface area contributed by atoms with Crippen molar-refractivity contribution in [3.63, 3.8) is 0 Å². The van der Waals surface area contributed by atoms with Gasteiger partial charge in [-0.15, -0.1) is 0 Å². The number of hydrogen-bond acceptors (Lipinski definition) is 3. The summed E-state index contributed by atoms with van der Waals surface area (Å²) in [5.41, 5.74) is 0.555. The summed E-state index contributed by atoms with van der Waals surface area (Å²) < 4.78 is 5.71. The molecule has 21 heavy (non-hydrogen) atoms. The maximum Gasteiger partial charge on any atom is 0.307 e. The van der Waals surface area contributed by atoms with Gasteiger partial charge in [0, 0.05) is 12.3 Å². The standard InChI is InChI=1S/C16H21NO4/c1-2-21-16(8-3-4-9-16)15(20)17-13-7-5-6-12(10-13)11-14(18)19/h5-7,10H,2-4,8-9,11H2,1H3,(H,17,20)(H,18,19). The maximum atomic E-state index is 12.5. The Morgan fingerprint density at radius 3 is 2.67 bits per heavy atom. The third-order valence-electron chi connectivity index (χ3n) is 3.79. The summed E-state index contributed by atoms with van der Waals surface area (Å²) in [7, 11) is 0. The molecule has 0 radical (unpaired) electrons. The zero-order chi connectivity index (χ0) is 15.3. The SMILES string of the molecule is CCOC1(C(=O)Nc2cccc(CC(=O)O)c2)CCCC1. The number of carboxylic acid groups (broad SMARTS) is 1. The summed E-state index contributed by atoms with van der Waals surface area (Å²) in [6, 6.07) is 6.94. The fourth-order valence-electron chi connectivity index (χ4n) is 2.84. The second-order valence-electron chi connectivity index (χ2n) is 5.36. The van der Waals surface area contributed by atoms with E-state index in [4.69, 9.17) is 9.84 Å². The van der Waals surface area contributed by atoms with Crippen LogP contribution in [0, 0.1) is 0 Å². The highest BCUT2D eigenvalue weighted by Crippen LogP contribution is 2.34. The van der Waals surface area contributed by atoms with E-state index in [1.165, 1.54) is 0 Å². The van der Waals surface area contributed by atoms with Crippen LogP contribution in [0.25, 0.3) is 0 Å². The molecular weight excluding hydrogens is 270 g/mol. The lowest BCUT2D eigenvalue weighted by Gasteiger charge is -2.27. The highest BCUT2D eigenvalue weighted by Gasteiger charge is 2.41. The van der Waals surface area contributed by atoms with Crippen LogP contribution in [0.1, 0.15) is 38.2 Å². The molecule has 0 aliphatic heterocycles. The minimum atomic E-state index is -0.889. The molecule has 114 valence electrons. The van der Waals surface area contributed by atoms with Gasteiger partial charge in [-0.2, -0.15) is 0 Å². The number of ether oxygens (including phenoxy) is 1. The average Bonchev–Trinajstić information content (AvgIpc) is 2.88. The van der Waals surface area contributed by atoms with Crippen LogP contribution in [0.2, 0.25) is 0 Å². The lowest BCUT2D eigenvalue weighted by molar-refractivity contribution is -0.140. The summed E-state index contributed by atoms with van der Waals surface area (Å²) in [6.07, 6.45) is 3.41. The molecule has 1 aromatic carbocycles. The molecule has 1 aliphatic rings. The molecule has 0 heterocycles. The second kappa shape index (κ2) is 6.72. The Morgan fingerprint density at radius 2 is 2.05 bits per heavy atom. The predicted octanol–water partition coefficient (Wildman–Crippen LogP) is 2.60. The van der Waals surface area contributed by atoms with Gasteiger partial charge in [0.05, 0.1) is 6.42 Å². The third kappa shape index (κ3) is 3.82. The molecule has 0 spiro atoms. The van der Waals surface area contributed by atoms with Gasteiger partial charge in [0.15, 0.2) is 0 Å². The third-order valence-corrected chi connectivity index (χ3v) is 3.79. The molecule has 0 atom stereocenters. The number of hydrogen-bond donors (Lipinski definition) is 2. The Balaban J connectivity index is 2.09. The molecule has 1 aliphatic carbocycles. The van der Waals surface area contributed by atoms with Gasteiger partial charge in [0.2, 0.25) is 0 Å². The van der Waals surface area contributed by atoms with E-state index in [0.717, 1.165) is 25.7 Å². The first-order chi connectivity index (χ1) is 10.1. The molecule has 2 rings (SSSR count). The summed E-state index contributed by atoms with van der Waals surface area (Å²) in [5.74, 6) is -1.02. The lowest BCUT2D eigenvalue weighted by atomic mass is 10.0. The van der Waals surface area contributed by atoms with Gasteiger partial charge in [0.25, 0.3) is 5.91 Å². The molecule has 0 bridgehead atoms. The Bertz CT molecular complexity index is 521. The van der Waals surface area contributed by atoms with Crippen LogP contribution >= 0.6 is 0 Å². The largest absolute Gasteiger partial charge is 0.481 e. The highest BCUT2D eigenvalue weighted by atomic mass is 16.5. The zero-order valence-corrected chi connectivity index (χ0v) is 12.2. The molecule has 1 amide bonds. The van der Waals surface area contributed by atoms with Crippen LogP contribution in [0.3, 0.4) is 0 Å². The van der Waals surface area contributed by atoms with Gasteiger partial charge in [-0.1, -0.05) is 12.1 Å². The molecule has 0 unspecified atom stereocenters. The van der Waals surface area contributed by atoms with E-state index in [1.54, 1.807) is 24.3 Å². The van der Waals surface area contributed by atoms with Crippen molar-refractivity contribution >= 4 is 17.6 Å². The molecule has 1 fully saturated rings. The van der Waals surface area contributed by atoms with Gasteiger partial charge in [0.1, 0.15) is 5.60 Å². The molecule has 2 N–H and O–H groups in total. The smallest absolute Gasteiger partial charge is 0.307 e. The number of amides is 1. The first kappa shape index (κ1) is 15.5. The predicted molar refractivity (Wildman–Crippen MR) is 79.2 cm³/mol. The van der Waals surface area contributed by atoms with Gasteiger partial charge >= 0.3 is 5.97 Å². The van der Waals surface area contributed by atoms with Crippen molar-refractivity contribution in [1.82, 2.24) is 0 Å². The monoisotopic (exact) mass is 291 g/mol. The molecule has 1 aromatic rings. The van der Waals surface area contributed by atoms with Crippen LogP contribution in [0.15, 0.2) is 24.3 Å². The van der Waals surface area contributed by atoms with E-state index in [1.807, 2.05) is 6.92 Å². The van der Waals surface area contributed by atoms with Crippen molar-refractivity contribution in [2.24, 2.45) is 0 Å². The fraction of sp³-hybridized carbons (Fsp3) is 0.500. The molecule has 5 nitrogen and oxygen atoms in total. The van der Waals surface area contributed by atoms with Crippen LogP contribution in [0.5, 0.6) is 0 Å². The van der Waals surface area contributed by atoms with Crippen LogP contribution in [-0.2, 0) is 20.7 Å². The first-order valence-electron chi connectivity index (χ1n) is 7.32. The Labute approximate surface area is 124 Å². The summed E-state index contributed by atoms with van der Waals surface area (Å²) in [4.78, 5) is 23.2. The van der Waals surface area contributed by atoms with E-state index in [9.17, 15) is 9.59 Å². The van der Waals surface area contributed by atoms with Crippen LogP contribution < -0.4 is 5.32 Å². The van der Waals surface area contributed by atoms with Crippen molar-refractivity contribution in [1.29, 1.82) is 0 Å². The van der Waals surface area contributed by atoms with E-state index in [-0.39, 0.29) is 12.3 Å². The van der Waals surface area contributed by atoms with Crippen molar-refractivity contribution in [2.75, 3.05) is 11.9 Å². The quantitative estimate of drug-likeness (QED) is 0.844. The summed E-state index contributed by atoms with van der Waals surface area (Å²) in [6.45, 7) is 2.40. The number of carbonyl (C=O) groups is 2. The van der Waals surface area contributed by atoms with Crippen molar-refractivity contribution in [2.45, 2.75) is 44.6 Å². The molecule has 0 aromatic heterocycles. The highest BCUT2D eigenvalue weighted by molar-refractivity contribution is 5.97. The Morgan fingerprint density at radius 1 is 1.33 bits per heavy atom. The first-order valence-corrected chi connectivity index (χ1v) is 7.32. The number of benzene rings is 1. The maximum absolute atomic E-state index is 12.5. The zero-order valence-electron chi connectivity index (χ0n) is 12.2. The normalized spacial score (nSPS) is 16.6. The van der Waals surface area contributed by atoms with Gasteiger partial charge in [-0.05, 0) is 50.3 Å². The van der Waals surface area contributed by atoms with E-state index < -0.39 is 11.6 Å². The number of carbonyl (C=O) groups excluding carboxylic acids is 1. The molecule has 0 saturated heterocycles. The van der Waals surface area contributed by atoms with Crippen molar-refractivity contribution in [3.8, 4) is 0 Å². The fourth-order valence-corrected chi connectivity index (χ4v) is 2.84. The van der Waals surface area contributed by atoms with Crippen LogP contribution in [0.4, 0.5) is 5.69 Å². The molecular formula is C16H21NO4. The van der Waals surface area contributed by atoms with Crippen LogP contribution in [-0.4, -0.2) is 29.2 Å². The van der Waals surface area contributed by atoms with E-state index in [2.05, 4.69) is 5.32 Å². The molecule has 1 saturated carbocycles. The van der Waals surface area contributed by atoms with Gasteiger partial charge < -0.3 is 15.2 Å². The number of rotatable bonds is 6. The number of anilines is 1. The van der Waals surface area contributed by atoms with Crippen molar-refractivity contribution < 1.29 is 19.4 Å². The minimum Gasteiger partial charge on any atom is -0.481 e. The van der Waals surface area contributed by atoms with Crippen molar-refractivity contribution in [3.05, 3.63) is 29.8 Å².